The van der Waals surface area contributed by atoms with E-state index in [0.29, 0.717) is 0 Å². The van der Waals surface area contributed by atoms with Crippen LogP contribution in [-0.4, -0.2) is 47.8 Å². The highest BCUT2D eigenvalue weighted by Crippen LogP contribution is 2.24. The summed E-state index contributed by atoms with van der Waals surface area (Å²) < 4.78 is 20.7. The van der Waals surface area contributed by atoms with E-state index in [0.717, 1.165) is 22.6 Å². The molecule has 1 aromatic carbocycles. The lowest BCUT2D eigenvalue weighted by atomic mass is 10.1. The Bertz CT molecular complexity index is 2800. The molecule has 0 aliphatic rings. The third kappa shape index (κ3) is 44.0. The number of hydrogen-bond acceptors (Lipinski definition) is 5. The molecule has 10 aromatic rings. The molecule has 0 unspecified atom stereocenters. The predicted octanol–water partition coefficient (Wildman–Crippen LogP) is 21.5. The number of rotatable bonds is 5. The first-order chi connectivity index (χ1) is 48.4. The molecule has 100 heavy (non-hydrogen) atoms. The summed E-state index contributed by atoms with van der Waals surface area (Å²) in [4.78, 5) is 20.7. The number of aromatic nitrogens is 15. The van der Waals surface area contributed by atoms with Gasteiger partial charge < -0.3 is 0 Å². The second-order valence-corrected chi connectivity index (χ2v) is 17.9. The molecule has 570 valence electrons. The molecule has 10 rings (SSSR count). The molecule has 0 N–H and O–H groups in total. The molecule has 9 heterocycles. The maximum Gasteiger partial charge on any atom is 0.243 e. The highest BCUT2D eigenvalue weighted by Gasteiger charge is 2.16. The van der Waals surface area contributed by atoms with E-state index in [2.05, 4.69) is 166 Å². The van der Waals surface area contributed by atoms with E-state index in [9.17, 15) is 0 Å². The first-order valence-corrected chi connectivity index (χ1v) is 38.1. The molecule has 0 radical (unpaired) electrons. The fraction of sp³-hybridized carbons (Fsp3) is 0.529. The van der Waals surface area contributed by atoms with Crippen LogP contribution in [0, 0.1) is 34.6 Å². The Balaban J connectivity index is -0.000000115. The van der Waals surface area contributed by atoms with Crippen molar-refractivity contribution in [3.8, 4) is 56.3 Å². The fourth-order valence-electron chi connectivity index (χ4n) is 8.31. The van der Waals surface area contributed by atoms with E-state index in [-0.39, 0.29) is 0 Å². The molecular formula is C85H160N15+5. The van der Waals surface area contributed by atoms with E-state index in [1.807, 2.05) is 366 Å². The molecule has 0 saturated heterocycles. The summed E-state index contributed by atoms with van der Waals surface area (Å²) in [6.07, 6.45) is 33.4. The van der Waals surface area contributed by atoms with E-state index >= 15 is 0 Å². The van der Waals surface area contributed by atoms with Gasteiger partial charge in [-0.2, -0.15) is 0 Å². The van der Waals surface area contributed by atoms with Crippen LogP contribution < -0.4 is 22.8 Å². The lowest BCUT2D eigenvalue weighted by Gasteiger charge is -2.00. The van der Waals surface area contributed by atoms with Crippen LogP contribution in [0.15, 0.2) is 155 Å². The van der Waals surface area contributed by atoms with Gasteiger partial charge in [0.25, 0.3) is 0 Å². The number of benzene rings is 1. The number of pyridine rings is 3. The Labute approximate surface area is 619 Å². The van der Waals surface area contributed by atoms with Crippen molar-refractivity contribution in [2.45, 2.75) is 242 Å². The van der Waals surface area contributed by atoms with Crippen molar-refractivity contribution >= 4 is 0 Å². The van der Waals surface area contributed by atoms with Gasteiger partial charge in [0.2, 0.25) is 31.6 Å². The smallest absolute Gasteiger partial charge is 0.243 e. The third-order valence-corrected chi connectivity index (χ3v) is 11.8. The summed E-state index contributed by atoms with van der Waals surface area (Å²) in [6.45, 7) is 70.3. The summed E-state index contributed by atoms with van der Waals surface area (Å²) in [5.74, 6) is 0. The van der Waals surface area contributed by atoms with Gasteiger partial charge in [-0.15, -0.1) is 0 Å². The molecule has 0 fully saturated rings. The molecule has 0 bridgehead atoms. The lowest BCUT2D eigenvalue weighted by molar-refractivity contribution is -0.670. The molecular weight excluding hydrogens is 1230 g/mol. The minimum Gasteiger partial charge on any atom is -0.264 e. The molecule has 15 heteroatoms. The third-order valence-electron chi connectivity index (χ3n) is 11.8. The topological polar surface area (TPSA) is 108 Å². The average Bonchev–Trinajstić information content (AvgIpc) is 1.70. The second-order valence-electron chi connectivity index (χ2n) is 17.9. The largest absolute Gasteiger partial charge is 0.264 e. The van der Waals surface area contributed by atoms with Gasteiger partial charge in [-0.05, 0) is 75.6 Å². The van der Waals surface area contributed by atoms with Gasteiger partial charge in [0.15, 0.2) is 28.5 Å². The highest BCUT2D eigenvalue weighted by molar-refractivity contribution is 5.64. The van der Waals surface area contributed by atoms with E-state index in [1.54, 1.807) is 6.33 Å². The van der Waals surface area contributed by atoms with Crippen molar-refractivity contribution < 1.29 is 22.8 Å². The maximum atomic E-state index is 4.28. The summed E-state index contributed by atoms with van der Waals surface area (Å²) >= 11 is 0. The van der Waals surface area contributed by atoms with E-state index in [1.165, 1.54) is 61.7 Å². The summed E-state index contributed by atoms with van der Waals surface area (Å²) in [7, 11) is 20.3. The van der Waals surface area contributed by atoms with Crippen LogP contribution in [0.25, 0.3) is 56.3 Å². The molecule has 0 aliphatic heterocycles. The zero-order chi connectivity index (χ0) is 80.6. The highest BCUT2D eigenvalue weighted by atomic mass is 15.1. The van der Waals surface area contributed by atoms with Crippen molar-refractivity contribution in [2.24, 2.45) is 70.5 Å². The van der Waals surface area contributed by atoms with Gasteiger partial charge in [-0.1, -0.05) is 232 Å². The van der Waals surface area contributed by atoms with Gasteiger partial charge in [0.05, 0.1) is 81.7 Å². The first-order valence-electron chi connectivity index (χ1n) is 38.1. The molecule has 9 aromatic heterocycles. The molecule has 0 spiro atoms. The summed E-state index contributed by atoms with van der Waals surface area (Å²) in [5, 5.41) is 0. The van der Waals surface area contributed by atoms with Crippen molar-refractivity contribution in [3.05, 3.63) is 183 Å². The van der Waals surface area contributed by atoms with Gasteiger partial charge in [0.1, 0.15) is 37.3 Å². The van der Waals surface area contributed by atoms with Crippen LogP contribution in [0.2, 0.25) is 0 Å². The Kier molecular flexibility index (Phi) is 88.4. The van der Waals surface area contributed by atoms with Crippen LogP contribution >= 0.6 is 0 Å². The Morgan fingerprint density at radius 1 is 0.250 bits per heavy atom. The van der Waals surface area contributed by atoms with Crippen LogP contribution in [-0.2, 0) is 70.5 Å². The SMILES string of the molecule is CC.CC.CC.CC.CC.CC.CC.CC.CC.CC.CC.CC.CC.CC.CC.Cc1ccccc1-c1c[n+](C)cn1C.Cc1ccncc1-c1c[n+](C)cn1C.Cc1cnccc1-c1c[n+](C)cn1C.Cc1ncccc1-c1c[n+](C)cn1C.Cc1ncncc1-c1c[n+](C)cn1C. The Morgan fingerprint density at radius 2 is 0.520 bits per heavy atom. The number of aryl methyl sites for hydroxylation is 15. The van der Waals surface area contributed by atoms with E-state index in [4.69, 9.17) is 0 Å². The molecule has 0 aliphatic carbocycles. The van der Waals surface area contributed by atoms with Gasteiger partial charge in [0, 0.05) is 65.1 Å². The quantitative estimate of drug-likeness (QED) is 0.160. The molecule has 0 amide bonds. The van der Waals surface area contributed by atoms with Crippen LogP contribution in [0.3, 0.4) is 0 Å². The molecule has 0 atom stereocenters. The zero-order valence-electron chi connectivity index (χ0n) is 73.6. The van der Waals surface area contributed by atoms with E-state index < -0.39 is 0 Å². The van der Waals surface area contributed by atoms with Crippen LogP contribution in [0.1, 0.15) is 236 Å². The van der Waals surface area contributed by atoms with Crippen LogP contribution in [0.5, 0.6) is 0 Å². The minimum absolute atomic E-state index is 1.00. The minimum atomic E-state index is 1.00. The number of hydrogen-bond donors (Lipinski definition) is 0. The average molecular weight is 1390 g/mol. The molecule has 15 nitrogen and oxygen atoms in total. The fourth-order valence-corrected chi connectivity index (χ4v) is 8.31. The van der Waals surface area contributed by atoms with Gasteiger partial charge >= 0.3 is 0 Å². The number of imidazole rings is 5. The Hall–Kier alpha value is -8.20. The monoisotopic (exact) mass is 1390 g/mol. The zero-order valence-corrected chi connectivity index (χ0v) is 73.6. The summed E-state index contributed by atoms with van der Waals surface area (Å²) in [6, 6.07) is 16.6. The Morgan fingerprint density at radius 3 is 0.830 bits per heavy atom. The van der Waals surface area contributed by atoms with Crippen molar-refractivity contribution in [3.63, 3.8) is 0 Å². The van der Waals surface area contributed by atoms with Crippen LogP contribution in [0.4, 0.5) is 0 Å². The predicted molar refractivity (Wildman–Crippen MR) is 443 cm³/mol. The van der Waals surface area contributed by atoms with Crippen molar-refractivity contribution in [2.75, 3.05) is 0 Å². The van der Waals surface area contributed by atoms with Crippen molar-refractivity contribution in [1.29, 1.82) is 0 Å². The van der Waals surface area contributed by atoms with Gasteiger partial charge in [-0.25, -0.2) is 55.6 Å². The maximum absolute atomic E-state index is 4.28. The first kappa shape index (κ1) is 113. The van der Waals surface area contributed by atoms with Crippen molar-refractivity contribution in [1.82, 2.24) is 47.8 Å². The molecule has 0 saturated carbocycles. The standard InChI is InChI=1S/C12H15N2.3C11H14N3.C10H13N4.15C2H6/c1-10-6-4-5-7-11(10)12-8-13(2)9-14(12)3;1-9-6-12-5-4-10(9)11-7-13(2)8-14(11)3;1-9-4-5-12-6-10(9)11-7-13(2)8-14(11)3;1-9-10(5-4-6-12-9)11-7-13(2)8-14(11)3;1-8-9(4-11-6-12-8)10-5-13(2)7-14(10)3;15*1-2/h4-9H,1-3H3;3*4-8H,1-3H3;4-7H,1-3H3;15*1-2H3/q5*+1;;;;;;;;;;;;;;;. The summed E-state index contributed by atoms with van der Waals surface area (Å²) in [5.41, 5.74) is 17.8. The van der Waals surface area contributed by atoms with Gasteiger partial charge in [-0.3, -0.25) is 15.0 Å². The normalized spacial score (nSPS) is 8.25. The lowest BCUT2D eigenvalue weighted by Crippen LogP contribution is -2.23. The second kappa shape index (κ2) is 78.1. The number of nitrogens with zero attached hydrogens (tertiary/aromatic N) is 15.